The average Bonchev–Trinajstić information content (AvgIpc) is 2.74. The van der Waals surface area contributed by atoms with Crippen LogP contribution in [-0.4, -0.2) is 27.2 Å². The molecule has 6 heteroatoms. The molecule has 0 aliphatic carbocycles. The van der Waals surface area contributed by atoms with E-state index >= 15 is 0 Å². The predicted molar refractivity (Wildman–Crippen MR) is 65.0 cm³/mol. The fourth-order valence-corrected chi connectivity index (χ4v) is 1.52. The molecule has 1 amide bonds. The van der Waals surface area contributed by atoms with Crippen LogP contribution in [0.4, 0.5) is 0 Å². The molecule has 0 fully saturated rings. The maximum absolute atomic E-state index is 12.1. The molecule has 0 aliphatic rings. The van der Waals surface area contributed by atoms with Gasteiger partial charge in [0.25, 0.3) is 0 Å². The Labute approximate surface area is 102 Å². The van der Waals surface area contributed by atoms with Crippen LogP contribution in [0.3, 0.4) is 0 Å². The highest BCUT2D eigenvalue weighted by Crippen LogP contribution is 2.21. The molecule has 1 aromatic heterocycles. The number of hydrogen-bond donors (Lipinski definition) is 2. The van der Waals surface area contributed by atoms with E-state index in [0.717, 1.165) is 5.82 Å². The second kappa shape index (κ2) is 5.27. The Kier molecular flexibility index (Phi) is 4.22. The largest absolute Gasteiger partial charge is 0.346 e. The number of nitrogens with zero attached hydrogens (tertiary/aromatic N) is 3. The van der Waals surface area contributed by atoms with E-state index in [4.69, 9.17) is 5.73 Å². The monoisotopic (exact) mass is 239 g/mol. The van der Waals surface area contributed by atoms with Gasteiger partial charge in [-0.15, -0.1) is 10.2 Å². The third-order valence-electron chi connectivity index (χ3n) is 3.26. The first-order valence-electron chi connectivity index (χ1n) is 5.79. The van der Waals surface area contributed by atoms with Crippen molar-refractivity contribution in [3.8, 4) is 0 Å². The van der Waals surface area contributed by atoms with Crippen molar-refractivity contribution in [1.29, 1.82) is 0 Å². The number of carbonyl (C=O) groups excluding carboxylic acids is 1. The Bertz CT molecular complexity index is 383. The van der Waals surface area contributed by atoms with Crippen LogP contribution >= 0.6 is 0 Å². The molecule has 1 aromatic rings. The second-order valence-electron chi connectivity index (χ2n) is 4.61. The Morgan fingerprint density at radius 1 is 1.71 bits per heavy atom. The van der Waals surface area contributed by atoms with Crippen molar-refractivity contribution >= 4 is 5.91 Å². The third kappa shape index (κ3) is 2.82. The topological polar surface area (TPSA) is 85.8 Å². The third-order valence-corrected chi connectivity index (χ3v) is 3.26. The summed E-state index contributed by atoms with van der Waals surface area (Å²) in [6.07, 6.45) is 2.32. The smallest absolute Gasteiger partial charge is 0.227 e. The highest BCUT2D eigenvalue weighted by molar-refractivity contribution is 5.82. The van der Waals surface area contributed by atoms with Crippen molar-refractivity contribution in [1.82, 2.24) is 20.1 Å². The predicted octanol–water partition coefficient (Wildman–Crippen LogP) is 0.367. The minimum absolute atomic E-state index is 0.0435. The molecular weight excluding hydrogens is 218 g/mol. The van der Waals surface area contributed by atoms with Gasteiger partial charge in [0.05, 0.1) is 11.5 Å². The molecule has 0 aliphatic heterocycles. The summed E-state index contributed by atoms with van der Waals surface area (Å²) in [6, 6.07) is -0.174. The number of nitrogens with two attached hydrogens (primary N) is 1. The molecule has 0 saturated carbocycles. The van der Waals surface area contributed by atoms with Gasteiger partial charge in [-0.2, -0.15) is 0 Å². The number of amides is 1. The van der Waals surface area contributed by atoms with E-state index in [1.807, 2.05) is 27.8 Å². The van der Waals surface area contributed by atoms with Crippen molar-refractivity contribution in [2.75, 3.05) is 6.54 Å². The van der Waals surface area contributed by atoms with E-state index in [0.29, 0.717) is 13.0 Å². The first-order valence-corrected chi connectivity index (χ1v) is 5.79. The van der Waals surface area contributed by atoms with E-state index < -0.39 is 5.41 Å². The zero-order chi connectivity index (χ0) is 13.1. The molecule has 2 atom stereocenters. The number of aromatic nitrogens is 3. The zero-order valence-electron chi connectivity index (χ0n) is 10.9. The van der Waals surface area contributed by atoms with E-state index in [2.05, 4.69) is 15.5 Å². The normalized spacial score (nSPS) is 16.3. The Balaban J connectivity index is 2.73. The molecule has 0 bridgehead atoms. The van der Waals surface area contributed by atoms with Crippen LogP contribution in [0.15, 0.2) is 6.33 Å². The lowest BCUT2D eigenvalue weighted by Crippen LogP contribution is -2.44. The van der Waals surface area contributed by atoms with E-state index in [9.17, 15) is 4.79 Å². The Morgan fingerprint density at radius 2 is 2.35 bits per heavy atom. The first kappa shape index (κ1) is 13.6. The number of nitrogens with one attached hydrogen (secondary N) is 1. The SMILES string of the molecule is CCC(C)(CN)C(=O)NC(C)c1nncn1C. The molecule has 17 heavy (non-hydrogen) atoms. The van der Waals surface area contributed by atoms with E-state index in [-0.39, 0.29) is 11.9 Å². The molecule has 96 valence electrons. The summed E-state index contributed by atoms with van der Waals surface area (Å²) in [6.45, 7) is 6.04. The average molecular weight is 239 g/mol. The van der Waals surface area contributed by atoms with Gasteiger partial charge in [0, 0.05) is 13.6 Å². The summed E-state index contributed by atoms with van der Waals surface area (Å²) < 4.78 is 1.79. The minimum atomic E-state index is -0.521. The van der Waals surface area contributed by atoms with Gasteiger partial charge in [-0.05, 0) is 20.3 Å². The molecule has 1 rings (SSSR count). The highest BCUT2D eigenvalue weighted by atomic mass is 16.2. The van der Waals surface area contributed by atoms with Crippen LogP contribution in [0.1, 0.15) is 39.1 Å². The number of aryl methyl sites for hydroxylation is 1. The zero-order valence-corrected chi connectivity index (χ0v) is 10.9. The van der Waals surface area contributed by atoms with Crippen LogP contribution in [0.2, 0.25) is 0 Å². The van der Waals surface area contributed by atoms with Crippen molar-refractivity contribution in [2.24, 2.45) is 18.2 Å². The maximum Gasteiger partial charge on any atom is 0.227 e. The summed E-state index contributed by atoms with van der Waals surface area (Å²) in [5.74, 6) is 0.687. The van der Waals surface area contributed by atoms with Gasteiger partial charge >= 0.3 is 0 Å². The van der Waals surface area contributed by atoms with Gasteiger partial charge in [-0.1, -0.05) is 6.92 Å². The highest BCUT2D eigenvalue weighted by Gasteiger charge is 2.31. The molecule has 0 spiro atoms. The second-order valence-corrected chi connectivity index (χ2v) is 4.61. The molecule has 1 heterocycles. The van der Waals surface area contributed by atoms with Crippen LogP contribution in [0.25, 0.3) is 0 Å². The van der Waals surface area contributed by atoms with Crippen molar-refractivity contribution in [3.63, 3.8) is 0 Å². The van der Waals surface area contributed by atoms with Crippen LogP contribution < -0.4 is 11.1 Å². The van der Waals surface area contributed by atoms with Gasteiger partial charge in [-0.3, -0.25) is 4.79 Å². The van der Waals surface area contributed by atoms with Gasteiger partial charge in [0.1, 0.15) is 6.33 Å². The number of carbonyl (C=O) groups is 1. The lowest BCUT2D eigenvalue weighted by Gasteiger charge is -2.26. The van der Waals surface area contributed by atoms with Crippen molar-refractivity contribution in [3.05, 3.63) is 12.2 Å². The van der Waals surface area contributed by atoms with E-state index in [1.54, 1.807) is 10.9 Å². The Hall–Kier alpha value is -1.43. The van der Waals surface area contributed by atoms with E-state index in [1.165, 1.54) is 0 Å². The summed E-state index contributed by atoms with van der Waals surface area (Å²) in [5, 5.41) is 10.7. The summed E-state index contributed by atoms with van der Waals surface area (Å²) in [4.78, 5) is 12.1. The van der Waals surface area contributed by atoms with Crippen LogP contribution in [-0.2, 0) is 11.8 Å². The fourth-order valence-electron chi connectivity index (χ4n) is 1.52. The Morgan fingerprint density at radius 3 is 2.76 bits per heavy atom. The summed E-state index contributed by atoms with van der Waals surface area (Å²) in [7, 11) is 1.85. The van der Waals surface area contributed by atoms with Crippen molar-refractivity contribution in [2.45, 2.75) is 33.2 Å². The van der Waals surface area contributed by atoms with Gasteiger partial charge in [0.2, 0.25) is 5.91 Å². The quantitative estimate of drug-likeness (QED) is 0.777. The van der Waals surface area contributed by atoms with Crippen molar-refractivity contribution < 1.29 is 4.79 Å². The molecule has 0 radical (unpaired) electrons. The fraction of sp³-hybridized carbons (Fsp3) is 0.727. The summed E-state index contributed by atoms with van der Waals surface area (Å²) >= 11 is 0. The first-order chi connectivity index (χ1) is 7.94. The molecule has 3 N–H and O–H groups in total. The standard InChI is InChI=1S/C11H21N5O/c1-5-11(3,6-12)10(17)14-8(2)9-15-13-7-16(9)4/h7-8H,5-6,12H2,1-4H3,(H,14,17). The minimum Gasteiger partial charge on any atom is -0.346 e. The van der Waals surface area contributed by atoms with Gasteiger partial charge < -0.3 is 15.6 Å². The molecule has 0 aromatic carbocycles. The summed E-state index contributed by atoms with van der Waals surface area (Å²) in [5.41, 5.74) is 5.13. The van der Waals surface area contributed by atoms with Crippen LogP contribution in [0, 0.1) is 5.41 Å². The molecule has 6 nitrogen and oxygen atoms in total. The molecule has 0 saturated heterocycles. The molecular formula is C11H21N5O. The van der Waals surface area contributed by atoms with Gasteiger partial charge in [0.15, 0.2) is 5.82 Å². The maximum atomic E-state index is 12.1. The number of rotatable bonds is 5. The van der Waals surface area contributed by atoms with Gasteiger partial charge in [-0.25, -0.2) is 0 Å². The lowest BCUT2D eigenvalue weighted by atomic mass is 9.86. The van der Waals surface area contributed by atoms with Crippen LogP contribution in [0.5, 0.6) is 0 Å². The number of hydrogen-bond acceptors (Lipinski definition) is 4. The lowest BCUT2D eigenvalue weighted by molar-refractivity contribution is -0.130. The molecule has 2 unspecified atom stereocenters.